The van der Waals surface area contributed by atoms with Crippen LogP contribution in [0.4, 0.5) is 5.69 Å². The van der Waals surface area contributed by atoms with Gasteiger partial charge in [0.05, 0.1) is 13.7 Å². The monoisotopic (exact) mass is 435 g/mol. The Bertz CT molecular complexity index is 689. The lowest BCUT2D eigenvalue weighted by atomic mass is 9.83. The van der Waals surface area contributed by atoms with Crippen LogP contribution < -0.4 is 10.1 Å². The number of carbonyl (C=O) groups is 2. The average Bonchev–Trinajstić information content (AvgIpc) is 2.71. The van der Waals surface area contributed by atoms with Crippen LogP contribution in [0.15, 0.2) is 18.2 Å². The quantitative estimate of drug-likeness (QED) is 0.293. The molecular formula is C25H41NO5. The summed E-state index contributed by atoms with van der Waals surface area (Å²) in [7, 11) is 1.33. The number of amides is 1. The summed E-state index contributed by atoms with van der Waals surface area (Å²) < 4.78 is 16.9. The van der Waals surface area contributed by atoms with Crippen LogP contribution in [0.25, 0.3) is 0 Å². The van der Waals surface area contributed by atoms with Crippen molar-refractivity contribution in [1.29, 1.82) is 0 Å². The lowest BCUT2D eigenvalue weighted by Crippen LogP contribution is -2.48. The number of unbranched alkanes of at least 4 members (excludes halogenated alkanes) is 1. The Hall–Kier alpha value is -2.08. The number of anilines is 1. The number of nitrogens with one attached hydrogen (secondary N) is 1. The van der Waals surface area contributed by atoms with Gasteiger partial charge in [0.2, 0.25) is 0 Å². The SMILES string of the molecule is CCCCOc1ccc(NC(=O)C(CC(C)C)(CC(C)C)OCCC)cc1C(=O)OC. The highest BCUT2D eigenvalue weighted by molar-refractivity contribution is 5.99. The maximum absolute atomic E-state index is 13.5. The van der Waals surface area contributed by atoms with Crippen LogP contribution >= 0.6 is 0 Å². The molecule has 0 aliphatic heterocycles. The van der Waals surface area contributed by atoms with E-state index in [1.807, 2.05) is 6.92 Å². The molecule has 176 valence electrons. The third-order valence-electron chi connectivity index (χ3n) is 4.87. The van der Waals surface area contributed by atoms with E-state index in [0.717, 1.165) is 19.3 Å². The second-order valence-corrected chi connectivity index (χ2v) is 8.90. The number of hydrogen-bond donors (Lipinski definition) is 1. The van der Waals surface area contributed by atoms with Crippen molar-refractivity contribution >= 4 is 17.6 Å². The first-order chi connectivity index (χ1) is 14.7. The summed E-state index contributed by atoms with van der Waals surface area (Å²) in [5.74, 6) is 0.359. The fourth-order valence-corrected chi connectivity index (χ4v) is 3.64. The molecule has 0 heterocycles. The molecule has 1 N–H and O–H groups in total. The number of benzene rings is 1. The van der Waals surface area contributed by atoms with E-state index in [2.05, 4.69) is 39.9 Å². The van der Waals surface area contributed by atoms with Crippen molar-refractivity contribution in [1.82, 2.24) is 0 Å². The van der Waals surface area contributed by atoms with Gasteiger partial charge in [0.25, 0.3) is 5.91 Å². The number of hydrogen-bond acceptors (Lipinski definition) is 5. The summed E-state index contributed by atoms with van der Waals surface area (Å²) in [5.41, 5.74) is -0.102. The minimum atomic E-state index is -0.917. The lowest BCUT2D eigenvalue weighted by molar-refractivity contribution is -0.147. The largest absolute Gasteiger partial charge is 0.493 e. The number of esters is 1. The van der Waals surface area contributed by atoms with Crippen molar-refractivity contribution in [2.45, 2.75) is 79.2 Å². The zero-order valence-electron chi connectivity index (χ0n) is 20.4. The molecule has 0 atom stereocenters. The lowest BCUT2D eigenvalue weighted by Gasteiger charge is -2.35. The second-order valence-electron chi connectivity index (χ2n) is 8.90. The first kappa shape index (κ1) is 27.0. The topological polar surface area (TPSA) is 73.9 Å². The molecule has 1 rings (SSSR count). The molecule has 31 heavy (non-hydrogen) atoms. The van der Waals surface area contributed by atoms with Crippen LogP contribution in [-0.2, 0) is 14.3 Å². The first-order valence-corrected chi connectivity index (χ1v) is 11.5. The molecule has 0 aliphatic rings. The van der Waals surface area contributed by atoms with Crippen LogP contribution in [-0.4, -0.2) is 37.8 Å². The molecule has 0 saturated heterocycles. The number of rotatable bonds is 14. The zero-order valence-corrected chi connectivity index (χ0v) is 20.4. The van der Waals surface area contributed by atoms with Gasteiger partial charge < -0.3 is 19.5 Å². The van der Waals surface area contributed by atoms with E-state index in [0.29, 0.717) is 54.9 Å². The molecule has 0 saturated carbocycles. The van der Waals surface area contributed by atoms with Crippen molar-refractivity contribution in [2.75, 3.05) is 25.6 Å². The molecule has 1 aromatic carbocycles. The van der Waals surface area contributed by atoms with Crippen molar-refractivity contribution < 1.29 is 23.8 Å². The average molecular weight is 436 g/mol. The molecule has 6 nitrogen and oxygen atoms in total. The first-order valence-electron chi connectivity index (χ1n) is 11.5. The maximum Gasteiger partial charge on any atom is 0.341 e. The van der Waals surface area contributed by atoms with Crippen molar-refractivity contribution in [2.24, 2.45) is 11.8 Å². The Balaban J connectivity index is 3.21. The molecular weight excluding hydrogens is 394 g/mol. The molecule has 0 unspecified atom stereocenters. The van der Waals surface area contributed by atoms with E-state index in [-0.39, 0.29) is 5.91 Å². The van der Waals surface area contributed by atoms with Gasteiger partial charge in [-0.1, -0.05) is 48.0 Å². The van der Waals surface area contributed by atoms with Gasteiger partial charge >= 0.3 is 5.97 Å². The van der Waals surface area contributed by atoms with Gasteiger partial charge in [-0.2, -0.15) is 0 Å². The summed E-state index contributed by atoms with van der Waals surface area (Å²) in [5, 5.41) is 2.99. The molecule has 1 amide bonds. The van der Waals surface area contributed by atoms with Gasteiger partial charge in [-0.15, -0.1) is 0 Å². The predicted octanol–water partition coefficient (Wildman–Crippen LogP) is 5.85. The van der Waals surface area contributed by atoms with Crippen LogP contribution in [0.3, 0.4) is 0 Å². The van der Waals surface area contributed by atoms with Crippen LogP contribution in [0, 0.1) is 11.8 Å². The van der Waals surface area contributed by atoms with Gasteiger partial charge in [-0.25, -0.2) is 4.79 Å². The number of methoxy groups -OCH3 is 1. The number of ether oxygens (including phenoxy) is 3. The highest BCUT2D eigenvalue weighted by atomic mass is 16.5. The summed E-state index contributed by atoms with van der Waals surface area (Å²) in [4.78, 5) is 25.8. The van der Waals surface area contributed by atoms with Crippen LogP contribution in [0.2, 0.25) is 0 Å². The second kappa shape index (κ2) is 13.4. The van der Waals surface area contributed by atoms with E-state index in [1.54, 1.807) is 18.2 Å². The molecule has 0 bridgehead atoms. The molecule has 1 aromatic rings. The van der Waals surface area contributed by atoms with Crippen molar-refractivity contribution in [3.8, 4) is 5.75 Å². The molecule has 0 aliphatic carbocycles. The highest BCUT2D eigenvalue weighted by Crippen LogP contribution is 2.32. The summed E-state index contributed by atoms with van der Waals surface area (Å²) in [6.07, 6.45) is 3.97. The smallest absolute Gasteiger partial charge is 0.341 e. The summed E-state index contributed by atoms with van der Waals surface area (Å²) >= 11 is 0. The van der Waals surface area contributed by atoms with Gasteiger partial charge in [0.15, 0.2) is 0 Å². The molecule has 6 heteroatoms. The van der Waals surface area contributed by atoms with E-state index >= 15 is 0 Å². The van der Waals surface area contributed by atoms with E-state index in [1.165, 1.54) is 7.11 Å². The van der Waals surface area contributed by atoms with Crippen LogP contribution in [0.1, 0.15) is 84.0 Å². The Morgan fingerprint density at radius 2 is 1.65 bits per heavy atom. The third kappa shape index (κ3) is 8.52. The molecule has 0 radical (unpaired) electrons. The Labute approximate surface area is 188 Å². The fourth-order valence-electron chi connectivity index (χ4n) is 3.64. The maximum atomic E-state index is 13.5. The van der Waals surface area contributed by atoms with Gasteiger partial charge in [-0.3, -0.25) is 4.79 Å². The molecule has 0 fully saturated rings. The van der Waals surface area contributed by atoms with E-state index < -0.39 is 11.6 Å². The molecule has 0 aromatic heterocycles. The standard InChI is InChI=1S/C25H41NO5/c1-8-10-14-30-22-12-11-20(15-21(22)23(27)29-7)26-24(28)25(16-18(3)4,17-19(5)6)31-13-9-2/h11-12,15,18-19H,8-10,13-14,16-17H2,1-7H3,(H,26,28). The Morgan fingerprint density at radius 3 is 2.16 bits per heavy atom. The normalized spacial score (nSPS) is 11.6. The minimum Gasteiger partial charge on any atom is -0.493 e. The minimum absolute atomic E-state index is 0.182. The van der Waals surface area contributed by atoms with Gasteiger partial charge in [0, 0.05) is 12.3 Å². The summed E-state index contributed by atoms with van der Waals surface area (Å²) in [6.45, 7) is 13.5. The van der Waals surface area contributed by atoms with Gasteiger partial charge in [-0.05, 0) is 55.7 Å². The van der Waals surface area contributed by atoms with E-state index in [4.69, 9.17) is 14.2 Å². The molecule has 0 spiro atoms. The Morgan fingerprint density at radius 1 is 1.00 bits per heavy atom. The van der Waals surface area contributed by atoms with Gasteiger partial charge in [0.1, 0.15) is 16.9 Å². The summed E-state index contributed by atoms with van der Waals surface area (Å²) in [6, 6.07) is 5.07. The fraction of sp³-hybridized carbons (Fsp3) is 0.680. The predicted molar refractivity (Wildman–Crippen MR) is 125 cm³/mol. The number of carbonyl (C=O) groups excluding carboxylic acids is 2. The zero-order chi connectivity index (χ0) is 23.4. The highest BCUT2D eigenvalue weighted by Gasteiger charge is 2.40. The van der Waals surface area contributed by atoms with Crippen molar-refractivity contribution in [3.63, 3.8) is 0 Å². The van der Waals surface area contributed by atoms with Crippen LogP contribution in [0.5, 0.6) is 5.75 Å². The van der Waals surface area contributed by atoms with Crippen molar-refractivity contribution in [3.05, 3.63) is 23.8 Å². The van der Waals surface area contributed by atoms with E-state index in [9.17, 15) is 9.59 Å². The third-order valence-corrected chi connectivity index (χ3v) is 4.87. The Kier molecular flexibility index (Phi) is 11.6.